The summed E-state index contributed by atoms with van der Waals surface area (Å²) in [5.74, 6) is -1.54. The van der Waals surface area contributed by atoms with Crippen molar-refractivity contribution in [1.29, 1.82) is 0 Å². The fourth-order valence-corrected chi connectivity index (χ4v) is 7.61. The van der Waals surface area contributed by atoms with E-state index in [1.54, 1.807) is 0 Å². The van der Waals surface area contributed by atoms with Crippen LogP contribution in [0.2, 0.25) is 0 Å². The Hall–Kier alpha value is -3.34. The first kappa shape index (κ1) is 64.7. The van der Waals surface area contributed by atoms with E-state index in [1.165, 1.54) is 44.9 Å². The molecule has 0 aromatic carbocycles. The highest BCUT2D eigenvalue weighted by Crippen LogP contribution is 2.43. The van der Waals surface area contributed by atoms with E-state index in [-0.39, 0.29) is 25.9 Å². The van der Waals surface area contributed by atoms with Crippen LogP contribution < -0.4 is 0 Å². The van der Waals surface area contributed by atoms with Crippen LogP contribution in [0.25, 0.3) is 0 Å². The average Bonchev–Trinajstić information content (AvgIpc) is 3.32. The fraction of sp³-hybridized carbons (Fsp3) is 0.696. The number of phosphoric ester groups is 1. The molecule has 0 aliphatic rings. The van der Waals surface area contributed by atoms with Crippen LogP contribution in [0.1, 0.15) is 213 Å². The molecule has 3 atom stereocenters. The molecular formula is C56H95O11P. The minimum Gasteiger partial charge on any atom is -0.462 e. The van der Waals surface area contributed by atoms with Crippen LogP contribution in [0.5, 0.6) is 0 Å². The smallest absolute Gasteiger partial charge is 0.462 e. The van der Waals surface area contributed by atoms with Crippen molar-refractivity contribution in [2.24, 2.45) is 0 Å². The van der Waals surface area contributed by atoms with Gasteiger partial charge >= 0.3 is 25.7 Å². The van der Waals surface area contributed by atoms with E-state index in [9.17, 15) is 28.9 Å². The maximum absolute atomic E-state index is 12.8. The number of allylic oxidation sites excluding steroid dienone is 14. The highest BCUT2D eigenvalue weighted by Gasteiger charge is 2.28. The molecule has 390 valence electrons. The molecule has 0 heterocycles. The van der Waals surface area contributed by atoms with Crippen LogP contribution in [0.3, 0.4) is 0 Å². The zero-order valence-corrected chi connectivity index (χ0v) is 43.7. The van der Waals surface area contributed by atoms with E-state index in [1.807, 2.05) is 0 Å². The number of hydrogen-bond donors (Lipinski definition) is 2. The van der Waals surface area contributed by atoms with Gasteiger partial charge in [-0.05, 0) is 89.9 Å². The molecule has 0 amide bonds. The number of esters is 3. The molecule has 3 unspecified atom stereocenters. The van der Waals surface area contributed by atoms with Gasteiger partial charge in [-0.25, -0.2) is 4.57 Å². The van der Waals surface area contributed by atoms with Crippen LogP contribution >= 0.6 is 7.82 Å². The Morgan fingerprint density at radius 1 is 0.426 bits per heavy atom. The summed E-state index contributed by atoms with van der Waals surface area (Å²) in [5.41, 5.74) is 0. The molecule has 0 saturated carbocycles. The van der Waals surface area contributed by atoms with E-state index in [2.05, 4.69) is 106 Å². The first-order chi connectivity index (χ1) is 33.2. The van der Waals surface area contributed by atoms with Gasteiger partial charge in [-0.15, -0.1) is 0 Å². The van der Waals surface area contributed by atoms with Crippen molar-refractivity contribution in [2.45, 2.75) is 226 Å². The number of phosphoric acid groups is 1. The maximum Gasteiger partial charge on any atom is 0.472 e. The Morgan fingerprint density at radius 2 is 0.765 bits per heavy atom. The number of aliphatic hydroxyl groups excluding tert-OH is 1. The van der Waals surface area contributed by atoms with Crippen molar-refractivity contribution in [1.82, 2.24) is 0 Å². The number of aliphatic hydroxyl groups is 1. The van der Waals surface area contributed by atoms with Gasteiger partial charge in [-0.3, -0.25) is 23.4 Å². The summed E-state index contributed by atoms with van der Waals surface area (Å²) in [5, 5.41) is 9.77. The molecule has 0 aliphatic heterocycles. The van der Waals surface area contributed by atoms with Gasteiger partial charge < -0.3 is 24.2 Å². The lowest BCUT2D eigenvalue weighted by molar-refractivity contribution is -0.161. The third kappa shape index (κ3) is 47.7. The van der Waals surface area contributed by atoms with Crippen LogP contribution in [0.4, 0.5) is 0 Å². The third-order valence-corrected chi connectivity index (χ3v) is 11.8. The zero-order valence-electron chi connectivity index (χ0n) is 42.8. The normalized spacial score (nSPS) is 14.1. The van der Waals surface area contributed by atoms with E-state index in [0.29, 0.717) is 19.3 Å². The molecular weight excluding hydrogens is 880 g/mol. The molecule has 0 aromatic rings. The van der Waals surface area contributed by atoms with Crippen molar-refractivity contribution in [3.05, 3.63) is 85.1 Å². The molecule has 0 saturated heterocycles. The number of hydrogen-bond acceptors (Lipinski definition) is 10. The molecule has 68 heavy (non-hydrogen) atoms. The van der Waals surface area contributed by atoms with Crippen LogP contribution in [-0.2, 0) is 42.2 Å². The minimum atomic E-state index is -4.76. The molecule has 0 fully saturated rings. The summed E-state index contributed by atoms with van der Waals surface area (Å²) in [4.78, 5) is 48.3. The number of carbonyl (C=O) groups excluding carboxylic acids is 3. The zero-order chi connectivity index (χ0) is 49.9. The van der Waals surface area contributed by atoms with E-state index in [0.717, 1.165) is 109 Å². The van der Waals surface area contributed by atoms with Crippen molar-refractivity contribution >= 4 is 25.7 Å². The highest BCUT2D eigenvalue weighted by molar-refractivity contribution is 7.47. The summed E-state index contributed by atoms with van der Waals surface area (Å²) in [7, 11) is -4.76. The van der Waals surface area contributed by atoms with Gasteiger partial charge in [0.2, 0.25) is 0 Å². The summed E-state index contributed by atoms with van der Waals surface area (Å²) in [6.45, 7) is 4.32. The molecule has 2 N–H and O–H groups in total. The number of rotatable bonds is 48. The third-order valence-electron chi connectivity index (χ3n) is 10.8. The van der Waals surface area contributed by atoms with Crippen LogP contribution in [-0.4, -0.2) is 66.5 Å². The van der Waals surface area contributed by atoms with Crippen LogP contribution in [0.15, 0.2) is 85.1 Å². The highest BCUT2D eigenvalue weighted by atomic mass is 31.2. The number of ether oxygens (including phenoxy) is 3. The lowest BCUT2D eigenvalue weighted by Crippen LogP contribution is -2.30. The Balaban J connectivity index is 4.84. The minimum absolute atomic E-state index is 0.109. The summed E-state index contributed by atoms with van der Waals surface area (Å²) in [6, 6.07) is 0. The first-order valence-corrected chi connectivity index (χ1v) is 28.0. The van der Waals surface area contributed by atoms with Crippen LogP contribution in [0, 0.1) is 0 Å². The second kappa shape index (κ2) is 50.1. The molecule has 0 radical (unpaired) electrons. The lowest BCUT2D eigenvalue weighted by Gasteiger charge is -2.21. The number of carbonyl (C=O) groups is 3. The summed E-state index contributed by atoms with van der Waals surface area (Å²) < 4.78 is 39.3. The lowest BCUT2D eigenvalue weighted by atomic mass is 10.1. The van der Waals surface area contributed by atoms with Crippen molar-refractivity contribution in [3.8, 4) is 0 Å². The van der Waals surface area contributed by atoms with Gasteiger partial charge in [0.25, 0.3) is 0 Å². The van der Waals surface area contributed by atoms with Crippen molar-refractivity contribution < 1.29 is 52.2 Å². The second-order valence-electron chi connectivity index (χ2n) is 17.3. The topological polar surface area (TPSA) is 155 Å². The van der Waals surface area contributed by atoms with Gasteiger partial charge in [0, 0.05) is 19.3 Å². The van der Waals surface area contributed by atoms with Gasteiger partial charge in [-0.2, -0.15) is 0 Å². The Bertz CT molecular complexity index is 1460. The molecule has 0 spiro atoms. The monoisotopic (exact) mass is 975 g/mol. The second-order valence-corrected chi connectivity index (χ2v) is 18.7. The Morgan fingerprint density at radius 3 is 1.21 bits per heavy atom. The Labute approximate surface area is 413 Å². The predicted octanol–water partition coefficient (Wildman–Crippen LogP) is 15.1. The van der Waals surface area contributed by atoms with E-state index in [4.69, 9.17) is 23.3 Å². The molecule has 12 heteroatoms. The molecule has 0 aromatic heterocycles. The molecule has 0 aliphatic carbocycles. The Kier molecular flexibility index (Phi) is 47.6. The first-order valence-electron chi connectivity index (χ1n) is 26.5. The maximum atomic E-state index is 12.8. The van der Waals surface area contributed by atoms with Gasteiger partial charge in [0.15, 0.2) is 6.10 Å². The molecule has 0 rings (SSSR count). The van der Waals surface area contributed by atoms with E-state index < -0.39 is 57.8 Å². The largest absolute Gasteiger partial charge is 0.472 e. The molecule has 11 nitrogen and oxygen atoms in total. The van der Waals surface area contributed by atoms with Gasteiger partial charge in [0.05, 0.1) is 19.8 Å². The fourth-order valence-electron chi connectivity index (χ4n) is 6.83. The van der Waals surface area contributed by atoms with Crippen molar-refractivity contribution in [2.75, 3.05) is 26.4 Å². The summed E-state index contributed by atoms with van der Waals surface area (Å²) >= 11 is 0. The van der Waals surface area contributed by atoms with Gasteiger partial charge in [-0.1, -0.05) is 189 Å². The van der Waals surface area contributed by atoms with E-state index >= 15 is 0 Å². The molecule has 0 bridgehead atoms. The van der Waals surface area contributed by atoms with Gasteiger partial charge in [0.1, 0.15) is 12.7 Å². The average molecular weight is 975 g/mol. The number of unbranched alkanes of at least 4 members (excludes halogenated alkanes) is 17. The van der Waals surface area contributed by atoms with Crippen molar-refractivity contribution in [3.63, 3.8) is 0 Å². The standard InChI is InChI=1S/C56H95O11P/c1-4-7-10-13-16-19-22-24-26-28-31-33-36-39-42-45-54(58)63-49-53(67-56(60)47-44-41-38-35-32-29-27-25-23-20-17-14-11-8-5-2)51-65-68(61,62)64-50-52(48-57)66-55(59)46-43-40-37-34-30-21-18-15-12-9-6-3/h7-8,10-11,16-17,19-20,24-27,32,35,52-53,57H,4-6,9,12-15,18,21-23,28-31,33-34,36-51H2,1-3H3,(H,61,62)/b10-7-,11-8-,19-16-,20-17-,26-24-,27-25-,35-32-. The summed E-state index contributed by atoms with van der Waals surface area (Å²) in [6.07, 6.45) is 55.5. The predicted molar refractivity (Wildman–Crippen MR) is 279 cm³/mol. The SMILES string of the molecule is CC/C=C\C/C=C\C/C=C\C/C=C\CCCCC(=O)OC(COC(=O)CCCCCCC/C=C\C/C=C\C/C=C\CC)COP(=O)(O)OCC(CO)OC(=O)CCCCCCCCCCCCC. The quantitative estimate of drug-likeness (QED) is 0.0197.